The van der Waals surface area contributed by atoms with Crippen LogP contribution in [-0.4, -0.2) is 21.0 Å². The molecule has 2 saturated carbocycles. The molecule has 1 aromatic heterocycles. The molecular weight excluding hydrogens is 348 g/mol. The predicted octanol–water partition coefficient (Wildman–Crippen LogP) is 4.99. The number of aliphatic carboxylic acids is 1. The number of benzene rings is 2. The minimum atomic E-state index is -0.773. The smallest absolute Gasteiger partial charge is 0.310 e. The van der Waals surface area contributed by atoms with E-state index in [2.05, 4.69) is 9.97 Å². The summed E-state index contributed by atoms with van der Waals surface area (Å²) in [7, 11) is 0. The van der Waals surface area contributed by atoms with Gasteiger partial charge in [0.2, 0.25) is 0 Å². The Morgan fingerprint density at radius 1 is 0.893 bits per heavy atom. The molecular formula is C24H22N2O2. The van der Waals surface area contributed by atoms with Crippen LogP contribution in [-0.2, 0) is 4.79 Å². The number of hydrogen-bond donors (Lipinski definition) is 1. The summed E-state index contributed by atoms with van der Waals surface area (Å²) in [6.07, 6.45) is 6.34. The molecule has 5 rings (SSSR count). The van der Waals surface area contributed by atoms with Crippen molar-refractivity contribution in [2.75, 3.05) is 0 Å². The topological polar surface area (TPSA) is 63.1 Å². The maximum absolute atomic E-state index is 12.0. The fourth-order valence-corrected chi connectivity index (χ4v) is 4.47. The lowest BCUT2D eigenvalue weighted by molar-refractivity contribution is -0.143. The van der Waals surface area contributed by atoms with Gasteiger partial charge in [0.1, 0.15) is 0 Å². The third-order valence-electron chi connectivity index (χ3n) is 6.38. The average Bonchev–Trinajstić information content (AvgIpc) is 3.65. The van der Waals surface area contributed by atoms with Gasteiger partial charge in [0.15, 0.2) is 5.82 Å². The summed E-state index contributed by atoms with van der Waals surface area (Å²) in [5.41, 5.74) is 3.55. The normalized spacial score (nSPS) is 26.0. The van der Waals surface area contributed by atoms with Crippen LogP contribution in [0.1, 0.15) is 54.2 Å². The zero-order chi connectivity index (χ0) is 19.3. The Bertz CT molecular complexity index is 1010. The summed E-state index contributed by atoms with van der Waals surface area (Å²) in [6, 6.07) is 18.0. The van der Waals surface area contributed by atoms with E-state index in [4.69, 9.17) is 0 Å². The molecule has 1 N–H and O–H groups in total. The minimum absolute atomic E-state index is 0.00822. The summed E-state index contributed by atoms with van der Waals surface area (Å²) in [4.78, 5) is 21.0. The number of hydrogen-bond acceptors (Lipinski definition) is 3. The number of carboxylic acids is 1. The third kappa shape index (κ3) is 2.71. The monoisotopic (exact) mass is 370 g/mol. The standard InChI is InChI=1S/C24H22N2O2/c1-24(23(27)28)20(16-5-3-2-4-6-16)21(24)17-9-11-18(12-10-17)22-25-13-19(14-26-22)15-7-8-15/h2-6,9-15,20-21H,7-8H2,1H3,(H,27,28)/t20-,21-,24+/m0/s1. The van der Waals surface area contributed by atoms with Gasteiger partial charge < -0.3 is 5.11 Å². The van der Waals surface area contributed by atoms with E-state index in [0.717, 1.165) is 16.7 Å². The Balaban J connectivity index is 1.42. The largest absolute Gasteiger partial charge is 0.481 e. The van der Waals surface area contributed by atoms with Crippen LogP contribution in [0.25, 0.3) is 11.4 Å². The first-order chi connectivity index (χ1) is 13.6. The van der Waals surface area contributed by atoms with Crippen LogP contribution in [0.4, 0.5) is 0 Å². The summed E-state index contributed by atoms with van der Waals surface area (Å²) < 4.78 is 0. The van der Waals surface area contributed by atoms with Crippen molar-refractivity contribution in [3.63, 3.8) is 0 Å². The molecule has 2 aliphatic rings. The Hall–Kier alpha value is -3.01. The number of aromatic nitrogens is 2. The number of nitrogens with zero attached hydrogens (tertiary/aromatic N) is 2. The molecule has 3 aromatic rings. The maximum Gasteiger partial charge on any atom is 0.310 e. The quantitative estimate of drug-likeness (QED) is 0.687. The average molecular weight is 370 g/mol. The van der Waals surface area contributed by atoms with E-state index in [9.17, 15) is 9.90 Å². The molecule has 0 spiro atoms. The highest BCUT2D eigenvalue weighted by atomic mass is 16.4. The van der Waals surface area contributed by atoms with Gasteiger partial charge in [-0.3, -0.25) is 4.79 Å². The second-order valence-corrected chi connectivity index (χ2v) is 8.19. The molecule has 4 nitrogen and oxygen atoms in total. The van der Waals surface area contributed by atoms with E-state index in [0.29, 0.717) is 11.7 Å². The molecule has 2 aliphatic carbocycles. The molecule has 0 aliphatic heterocycles. The van der Waals surface area contributed by atoms with Gasteiger partial charge in [-0.15, -0.1) is 0 Å². The zero-order valence-electron chi connectivity index (χ0n) is 15.7. The van der Waals surface area contributed by atoms with Crippen molar-refractivity contribution in [2.24, 2.45) is 5.41 Å². The predicted molar refractivity (Wildman–Crippen MR) is 107 cm³/mol. The molecule has 0 radical (unpaired) electrons. The van der Waals surface area contributed by atoms with Crippen molar-refractivity contribution < 1.29 is 9.90 Å². The lowest BCUT2D eigenvalue weighted by atomic mass is 10.00. The summed E-state index contributed by atoms with van der Waals surface area (Å²) in [6.45, 7) is 1.85. The van der Waals surface area contributed by atoms with Crippen LogP contribution in [0.3, 0.4) is 0 Å². The lowest BCUT2D eigenvalue weighted by Crippen LogP contribution is -2.14. The minimum Gasteiger partial charge on any atom is -0.481 e. The second-order valence-electron chi connectivity index (χ2n) is 8.19. The van der Waals surface area contributed by atoms with Crippen molar-refractivity contribution in [3.05, 3.63) is 83.7 Å². The van der Waals surface area contributed by atoms with Gasteiger partial charge in [-0.25, -0.2) is 9.97 Å². The number of rotatable bonds is 5. The Labute approximate surface area is 164 Å². The van der Waals surface area contributed by atoms with E-state index in [1.807, 2.05) is 73.9 Å². The van der Waals surface area contributed by atoms with Crippen molar-refractivity contribution in [1.29, 1.82) is 0 Å². The molecule has 0 bridgehead atoms. The maximum atomic E-state index is 12.0. The van der Waals surface area contributed by atoms with Gasteiger partial charge in [-0.2, -0.15) is 0 Å². The second kappa shape index (κ2) is 6.26. The van der Waals surface area contributed by atoms with Crippen LogP contribution >= 0.6 is 0 Å². The number of carbonyl (C=O) groups is 1. The summed E-state index contributed by atoms with van der Waals surface area (Å²) in [5, 5.41) is 9.86. The van der Waals surface area contributed by atoms with Crippen LogP contribution < -0.4 is 0 Å². The van der Waals surface area contributed by atoms with Crippen LogP contribution in [0.2, 0.25) is 0 Å². The van der Waals surface area contributed by atoms with Crippen molar-refractivity contribution in [1.82, 2.24) is 9.97 Å². The Kier molecular flexibility index (Phi) is 3.83. The first-order valence-electron chi connectivity index (χ1n) is 9.79. The van der Waals surface area contributed by atoms with Gasteiger partial charge >= 0.3 is 5.97 Å². The summed E-state index contributed by atoms with van der Waals surface area (Å²) in [5.74, 6) is 0.586. The molecule has 1 heterocycles. The number of carboxylic acid groups (broad SMARTS) is 1. The highest BCUT2D eigenvalue weighted by Gasteiger charge is 2.67. The van der Waals surface area contributed by atoms with Crippen LogP contribution in [0, 0.1) is 5.41 Å². The van der Waals surface area contributed by atoms with E-state index >= 15 is 0 Å². The molecule has 0 unspecified atom stereocenters. The van der Waals surface area contributed by atoms with Crippen LogP contribution in [0.15, 0.2) is 67.0 Å². The van der Waals surface area contributed by atoms with Crippen molar-refractivity contribution in [3.8, 4) is 11.4 Å². The fraction of sp³-hybridized carbons (Fsp3) is 0.292. The molecule has 28 heavy (non-hydrogen) atoms. The van der Waals surface area contributed by atoms with Gasteiger partial charge in [0.05, 0.1) is 5.41 Å². The first kappa shape index (κ1) is 17.1. The van der Waals surface area contributed by atoms with Crippen molar-refractivity contribution in [2.45, 2.75) is 37.5 Å². The molecule has 4 heteroatoms. The molecule has 2 fully saturated rings. The highest BCUT2D eigenvalue weighted by molar-refractivity contribution is 5.83. The first-order valence-corrected chi connectivity index (χ1v) is 9.79. The van der Waals surface area contributed by atoms with Gasteiger partial charge in [-0.05, 0) is 42.4 Å². The Morgan fingerprint density at radius 2 is 1.46 bits per heavy atom. The fourth-order valence-electron chi connectivity index (χ4n) is 4.47. The zero-order valence-corrected chi connectivity index (χ0v) is 15.7. The molecule has 2 aromatic carbocycles. The van der Waals surface area contributed by atoms with Gasteiger partial charge in [0.25, 0.3) is 0 Å². The SMILES string of the molecule is C[C@@]1(C(=O)O)[C@@H](c2ccccc2)[C@@H]1c1ccc(-c2ncc(C3CC3)cn2)cc1. The van der Waals surface area contributed by atoms with E-state index in [-0.39, 0.29) is 11.8 Å². The van der Waals surface area contributed by atoms with Crippen molar-refractivity contribution >= 4 is 5.97 Å². The van der Waals surface area contributed by atoms with Crippen LogP contribution in [0.5, 0.6) is 0 Å². The van der Waals surface area contributed by atoms with E-state index in [1.165, 1.54) is 18.4 Å². The molecule has 0 saturated heterocycles. The Morgan fingerprint density at radius 3 is 2.00 bits per heavy atom. The third-order valence-corrected chi connectivity index (χ3v) is 6.38. The van der Waals surface area contributed by atoms with Gasteiger partial charge in [0, 0.05) is 29.8 Å². The molecule has 3 atom stereocenters. The summed E-state index contributed by atoms with van der Waals surface area (Å²) >= 11 is 0. The van der Waals surface area contributed by atoms with E-state index in [1.54, 1.807) is 0 Å². The van der Waals surface area contributed by atoms with Gasteiger partial charge in [-0.1, -0.05) is 54.6 Å². The lowest BCUT2D eigenvalue weighted by Gasteiger charge is -2.06. The molecule has 140 valence electrons. The highest BCUT2D eigenvalue weighted by Crippen LogP contribution is 2.70. The van der Waals surface area contributed by atoms with E-state index < -0.39 is 11.4 Å². The molecule has 0 amide bonds.